The molecule has 0 aromatic carbocycles. The molecule has 10 heavy (non-hydrogen) atoms. The van der Waals surface area contributed by atoms with Crippen molar-refractivity contribution in [1.29, 1.82) is 0 Å². The van der Waals surface area contributed by atoms with Crippen LogP contribution in [0.4, 0.5) is 0 Å². The van der Waals surface area contributed by atoms with Crippen LogP contribution in [-0.2, 0) is 0 Å². The molecule has 0 atom stereocenters. The lowest BCUT2D eigenvalue weighted by molar-refractivity contribution is 0.720. The predicted octanol–water partition coefficient (Wildman–Crippen LogP) is 3.98. The van der Waals surface area contributed by atoms with E-state index >= 15 is 0 Å². The SMILES string of the molecule is ClCC(Cl)(Cl)CCC(Cl)Cl. The molecule has 0 amide bonds. The van der Waals surface area contributed by atoms with E-state index in [-0.39, 0.29) is 5.88 Å². The molecule has 0 heterocycles. The Balaban J connectivity index is 3.46. The van der Waals surface area contributed by atoms with E-state index < -0.39 is 9.17 Å². The van der Waals surface area contributed by atoms with Gasteiger partial charge < -0.3 is 0 Å². The first-order chi connectivity index (χ1) is 4.48. The van der Waals surface area contributed by atoms with Crippen molar-refractivity contribution in [3.05, 3.63) is 0 Å². The summed E-state index contributed by atoms with van der Waals surface area (Å²) >= 11 is 27.7. The molecule has 0 nitrogen and oxygen atoms in total. The first-order valence-electron chi connectivity index (χ1n) is 2.70. The summed E-state index contributed by atoms with van der Waals surface area (Å²) in [5.74, 6) is 0.191. The molecule has 0 aliphatic heterocycles. The van der Waals surface area contributed by atoms with Crippen LogP contribution in [-0.4, -0.2) is 15.0 Å². The summed E-state index contributed by atoms with van der Waals surface area (Å²) in [5.41, 5.74) is 0. The fraction of sp³-hybridized carbons (Fsp3) is 1.00. The molecule has 0 aliphatic rings. The average Bonchev–Trinajstić information content (AvgIpc) is 1.85. The Kier molecular flexibility index (Phi) is 5.91. The molecule has 5 heteroatoms. The molecule has 0 N–H and O–H groups in total. The van der Waals surface area contributed by atoms with Crippen molar-refractivity contribution in [2.45, 2.75) is 22.0 Å². The van der Waals surface area contributed by atoms with E-state index in [9.17, 15) is 0 Å². The van der Waals surface area contributed by atoms with Crippen LogP contribution in [0.5, 0.6) is 0 Å². The van der Waals surface area contributed by atoms with E-state index in [0.717, 1.165) is 0 Å². The van der Waals surface area contributed by atoms with E-state index in [0.29, 0.717) is 12.8 Å². The van der Waals surface area contributed by atoms with Crippen molar-refractivity contribution in [3.8, 4) is 0 Å². The zero-order chi connectivity index (χ0) is 8.20. The van der Waals surface area contributed by atoms with Gasteiger partial charge in [0.25, 0.3) is 0 Å². The van der Waals surface area contributed by atoms with E-state index in [2.05, 4.69) is 0 Å². The van der Waals surface area contributed by atoms with Gasteiger partial charge in [0.15, 0.2) is 0 Å². The number of alkyl halides is 5. The Morgan fingerprint density at radius 2 is 1.70 bits per heavy atom. The molecule has 0 aromatic rings. The Morgan fingerprint density at radius 1 is 1.20 bits per heavy atom. The molecule has 0 fully saturated rings. The minimum atomic E-state index is -0.885. The van der Waals surface area contributed by atoms with Crippen LogP contribution in [0.3, 0.4) is 0 Å². The third kappa shape index (κ3) is 6.18. The molecular weight excluding hydrogens is 237 g/mol. The van der Waals surface area contributed by atoms with Crippen molar-refractivity contribution in [2.24, 2.45) is 0 Å². The van der Waals surface area contributed by atoms with Gasteiger partial charge in [-0.3, -0.25) is 0 Å². The minimum absolute atomic E-state index is 0.191. The van der Waals surface area contributed by atoms with Gasteiger partial charge in [0.1, 0.15) is 9.17 Å². The largest absolute Gasteiger partial charge is 0.131 e. The molecule has 0 radical (unpaired) electrons. The van der Waals surface area contributed by atoms with Crippen LogP contribution in [0.15, 0.2) is 0 Å². The highest BCUT2D eigenvalue weighted by molar-refractivity contribution is 6.51. The highest BCUT2D eigenvalue weighted by Crippen LogP contribution is 2.30. The van der Waals surface area contributed by atoms with Gasteiger partial charge in [-0.1, -0.05) is 0 Å². The lowest BCUT2D eigenvalue weighted by Gasteiger charge is -2.15. The van der Waals surface area contributed by atoms with Crippen LogP contribution in [0.2, 0.25) is 0 Å². The Hall–Kier alpha value is 1.45. The van der Waals surface area contributed by atoms with Gasteiger partial charge in [0.05, 0.1) is 5.88 Å². The average molecular weight is 244 g/mol. The van der Waals surface area contributed by atoms with Crippen LogP contribution >= 0.6 is 58.0 Å². The smallest absolute Gasteiger partial charge is 0.123 e. The van der Waals surface area contributed by atoms with Gasteiger partial charge in [0.2, 0.25) is 0 Å². The fourth-order valence-corrected chi connectivity index (χ4v) is 0.957. The summed E-state index contributed by atoms with van der Waals surface area (Å²) in [4.78, 5) is -0.417. The lowest BCUT2D eigenvalue weighted by atomic mass is 10.2. The Bertz CT molecular complexity index is 90.0. The van der Waals surface area contributed by atoms with Crippen LogP contribution < -0.4 is 0 Å². The van der Waals surface area contributed by atoms with Gasteiger partial charge in [-0.05, 0) is 12.8 Å². The molecule has 0 rings (SSSR count). The fourth-order valence-electron chi connectivity index (χ4n) is 0.387. The summed E-state index contributed by atoms with van der Waals surface area (Å²) in [6, 6.07) is 0. The number of hydrogen-bond acceptors (Lipinski definition) is 0. The summed E-state index contributed by atoms with van der Waals surface area (Å²) < 4.78 is -0.885. The molecular formula is C5H7Cl5. The van der Waals surface area contributed by atoms with Gasteiger partial charge in [0, 0.05) is 0 Å². The maximum Gasteiger partial charge on any atom is 0.131 e. The number of halogens is 5. The highest BCUT2D eigenvalue weighted by atomic mass is 35.5. The summed E-state index contributed by atoms with van der Waals surface area (Å²) in [6.45, 7) is 0. The maximum absolute atomic E-state index is 5.68. The summed E-state index contributed by atoms with van der Waals surface area (Å²) in [5, 5.41) is 0. The molecule has 0 bridgehead atoms. The Morgan fingerprint density at radius 3 is 2.00 bits per heavy atom. The molecule has 0 saturated carbocycles. The zero-order valence-electron chi connectivity index (χ0n) is 5.09. The molecule has 0 saturated heterocycles. The minimum Gasteiger partial charge on any atom is -0.123 e. The molecule has 62 valence electrons. The second kappa shape index (κ2) is 5.16. The zero-order valence-corrected chi connectivity index (χ0v) is 8.87. The van der Waals surface area contributed by atoms with Gasteiger partial charge >= 0.3 is 0 Å². The molecule has 0 aromatic heterocycles. The van der Waals surface area contributed by atoms with Crippen LogP contribution in [0, 0.1) is 0 Å². The van der Waals surface area contributed by atoms with Crippen LogP contribution in [0.25, 0.3) is 0 Å². The normalized spacial score (nSPS) is 12.6. The molecule has 0 unspecified atom stereocenters. The van der Waals surface area contributed by atoms with Gasteiger partial charge in [-0.15, -0.1) is 58.0 Å². The van der Waals surface area contributed by atoms with Crippen molar-refractivity contribution >= 4 is 58.0 Å². The molecule has 0 spiro atoms. The first-order valence-corrected chi connectivity index (χ1v) is 4.86. The van der Waals surface area contributed by atoms with Gasteiger partial charge in [-0.25, -0.2) is 0 Å². The van der Waals surface area contributed by atoms with Crippen LogP contribution in [0.1, 0.15) is 12.8 Å². The third-order valence-corrected chi connectivity index (χ3v) is 2.74. The van der Waals surface area contributed by atoms with E-state index in [1.807, 2.05) is 0 Å². The second-order valence-corrected chi connectivity index (χ2v) is 5.10. The topological polar surface area (TPSA) is 0 Å². The van der Waals surface area contributed by atoms with Crippen molar-refractivity contribution in [2.75, 3.05) is 5.88 Å². The monoisotopic (exact) mass is 242 g/mol. The standard InChI is InChI=1S/C5H7Cl5/c6-3-5(9,10)2-1-4(7)8/h4H,1-3H2. The number of hydrogen-bond donors (Lipinski definition) is 0. The lowest BCUT2D eigenvalue weighted by Crippen LogP contribution is -2.15. The van der Waals surface area contributed by atoms with Crippen molar-refractivity contribution in [1.82, 2.24) is 0 Å². The van der Waals surface area contributed by atoms with Gasteiger partial charge in [-0.2, -0.15) is 0 Å². The van der Waals surface area contributed by atoms with E-state index in [1.165, 1.54) is 0 Å². The summed E-state index contributed by atoms with van der Waals surface area (Å²) in [7, 11) is 0. The Labute approximate surface area is 85.7 Å². The van der Waals surface area contributed by atoms with Crippen molar-refractivity contribution in [3.63, 3.8) is 0 Å². The third-order valence-electron chi connectivity index (χ3n) is 0.924. The van der Waals surface area contributed by atoms with E-state index in [4.69, 9.17) is 58.0 Å². The first kappa shape index (κ1) is 11.4. The summed E-state index contributed by atoms with van der Waals surface area (Å²) in [6.07, 6.45) is 1.07. The van der Waals surface area contributed by atoms with Crippen molar-refractivity contribution < 1.29 is 0 Å². The molecule has 0 aliphatic carbocycles. The predicted molar refractivity (Wildman–Crippen MR) is 49.9 cm³/mol. The second-order valence-electron chi connectivity index (χ2n) is 1.92. The quantitative estimate of drug-likeness (QED) is 0.656. The maximum atomic E-state index is 5.68. The number of rotatable bonds is 4. The van der Waals surface area contributed by atoms with E-state index in [1.54, 1.807) is 0 Å². The highest BCUT2D eigenvalue weighted by Gasteiger charge is 2.22.